The number of carbonyl (C=O) groups is 1. The number of carbonyl (C=O) groups excluding carboxylic acids is 1. The van der Waals surface area contributed by atoms with Gasteiger partial charge in [-0.15, -0.1) is 5.92 Å². The average molecular weight is 724 g/mol. The topological polar surface area (TPSA) is 47.0 Å². The molecule has 2 saturated carbocycles. The van der Waals surface area contributed by atoms with Gasteiger partial charge in [0.2, 0.25) is 0 Å². The van der Waals surface area contributed by atoms with Crippen LogP contribution in [-0.2, 0) is 17.6 Å². The molecule has 0 radical (unpaired) electrons. The fourth-order valence-electron chi connectivity index (χ4n) is 10.9. The summed E-state index contributed by atoms with van der Waals surface area (Å²) in [6, 6.07) is 26.7. The molecule has 0 bridgehead atoms. The van der Waals surface area contributed by atoms with Gasteiger partial charge in [-0.2, -0.15) is 0 Å². The van der Waals surface area contributed by atoms with Crippen molar-refractivity contribution in [2.45, 2.75) is 90.1 Å². The molecule has 54 heavy (non-hydrogen) atoms. The number of hydrogen-bond acceptors (Lipinski definition) is 5. The van der Waals surface area contributed by atoms with Crippen molar-refractivity contribution < 1.29 is 9.90 Å². The Balaban J connectivity index is 0.000000179. The number of hydrogen-bond donors (Lipinski definition) is 1. The zero-order chi connectivity index (χ0) is 38.2. The summed E-state index contributed by atoms with van der Waals surface area (Å²) in [5.41, 5.74) is 11.4. The standard InChI is InChI=1S/C29H35NO2.C20H26N2/c1-5-15-29(32)16-14-26-24-12-8-20-17-22(31)11-13-23(20)27(24)25(18-28(26,29)2)19-6-9-21(10-7-19)30(3)4;1-16(14-21(2)3)15-22-19-10-6-4-8-17(19)12-13-18-9-5-7-11-20(18)22/h6-7,9-10,17,24-26,32H,8,11-14,16,18H2,1-4H3;4-11,16H,12-15H2,1-3H3/t24-,25+,26-,28-,29-;/m0./s1. The van der Waals surface area contributed by atoms with E-state index in [4.69, 9.17) is 0 Å². The highest BCUT2D eigenvalue weighted by molar-refractivity contribution is 5.93. The van der Waals surface area contributed by atoms with Crippen LogP contribution in [0.15, 0.2) is 95.6 Å². The van der Waals surface area contributed by atoms with Gasteiger partial charge in [0.15, 0.2) is 5.78 Å². The molecule has 1 unspecified atom stereocenters. The van der Waals surface area contributed by atoms with E-state index in [1.165, 1.54) is 44.9 Å². The molecular weight excluding hydrogens is 663 g/mol. The zero-order valence-corrected chi connectivity index (χ0v) is 33.8. The van der Waals surface area contributed by atoms with Crippen LogP contribution >= 0.6 is 0 Å². The van der Waals surface area contributed by atoms with Gasteiger partial charge in [0.25, 0.3) is 0 Å². The van der Waals surface area contributed by atoms with Gasteiger partial charge in [0, 0.05) is 62.0 Å². The molecule has 1 heterocycles. The molecule has 1 N–H and O–H groups in total. The molecule has 0 saturated heterocycles. The quantitative estimate of drug-likeness (QED) is 0.257. The van der Waals surface area contributed by atoms with E-state index in [1.54, 1.807) is 5.57 Å². The normalized spacial score (nSPS) is 27.4. The molecule has 5 heteroatoms. The third kappa shape index (κ3) is 7.20. The van der Waals surface area contributed by atoms with Crippen molar-refractivity contribution >= 4 is 22.8 Å². The minimum atomic E-state index is -0.914. The molecule has 2 fully saturated rings. The molecule has 3 aromatic carbocycles. The number of allylic oxidation sites excluding steroid dienone is 4. The molecule has 8 rings (SSSR count). The van der Waals surface area contributed by atoms with E-state index >= 15 is 0 Å². The first-order valence-corrected chi connectivity index (χ1v) is 20.4. The Hall–Kier alpha value is -4.11. The molecule has 284 valence electrons. The van der Waals surface area contributed by atoms with Crippen molar-refractivity contribution in [2.24, 2.45) is 23.2 Å². The van der Waals surface area contributed by atoms with Crippen LogP contribution in [0.2, 0.25) is 0 Å². The Morgan fingerprint density at radius 1 is 0.870 bits per heavy atom. The first-order valence-electron chi connectivity index (χ1n) is 20.4. The number of ketones is 1. The maximum Gasteiger partial charge on any atom is 0.156 e. The predicted molar refractivity (Wildman–Crippen MR) is 224 cm³/mol. The summed E-state index contributed by atoms with van der Waals surface area (Å²) in [4.78, 5) is 19.1. The minimum absolute atomic E-state index is 0.221. The van der Waals surface area contributed by atoms with Gasteiger partial charge in [-0.05, 0) is 148 Å². The second kappa shape index (κ2) is 15.6. The van der Waals surface area contributed by atoms with Gasteiger partial charge in [-0.25, -0.2) is 0 Å². The molecule has 5 nitrogen and oxygen atoms in total. The molecule has 1 aliphatic heterocycles. The zero-order valence-electron chi connectivity index (χ0n) is 33.8. The van der Waals surface area contributed by atoms with Crippen molar-refractivity contribution in [2.75, 3.05) is 51.1 Å². The molecule has 0 amide bonds. The monoisotopic (exact) mass is 723 g/mol. The predicted octanol–water partition coefficient (Wildman–Crippen LogP) is 9.53. The Labute approximate surface area is 325 Å². The highest BCUT2D eigenvalue weighted by Gasteiger charge is 2.62. The third-order valence-corrected chi connectivity index (χ3v) is 13.4. The third-order valence-electron chi connectivity index (χ3n) is 13.4. The summed E-state index contributed by atoms with van der Waals surface area (Å²) in [5, 5.41) is 11.7. The smallest absolute Gasteiger partial charge is 0.156 e. The molecule has 4 aliphatic carbocycles. The summed E-state index contributed by atoms with van der Waals surface area (Å²) in [6.45, 7) is 8.66. The van der Waals surface area contributed by atoms with E-state index in [0.717, 1.165) is 64.5 Å². The number of aryl methyl sites for hydroxylation is 2. The molecule has 3 aromatic rings. The summed E-state index contributed by atoms with van der Waals surface area (Å²) in [5.74, 6) is 8.38. The number of aliphatic hydroxyl groups is 1. The number of anilines is 3. The first-order chi connectivity index (χ1) is 25.9. The number of fused-ring (bicyclic) bond motifs is 6. The van der Waals surface area contributed by atoms with Crippen LogP contribution in [0.1, 0.15) is 88.3 Å². The Bertz CT molecular complexity index is 1930. The van der Waals surface area contributed by atoms with E-state index in [9.17, 15) is 9.90 Å². The van der Waals surface area contributed by atoms with Gasteiger partial charge in [-0.3, -0.25) is 4.79 Å². The molecule has 0 spiro atoms. The SMILES string of the molecule is CC#C[C@]1(O)CC[C@H]2[C@@H]3CCC4=CC(=O)CCC4=C3[C@@H](c3ccc(N(C)C)cc3)C[C@@]21C.CC(CN(C)C)CN1c2ccccc2CCc2ccccc21. The lowest BCUT2D eigenvalue weighted by Crippen LogP contribution is -2.51. The summed E-state index contributed by atoms with van der Waals surface area (Å²) < 4.78 is 0. The minimum Gasteiger partial charge on any atom is -0.378 e. The highest BCUT2D eigenvalue weighted by Crippen LogP contribution is 2.66. The van der Waals surface area contributed by atoms with Crippen LogP contribution in [0.3, 0.4) is 0 Å². The lowest BCUT2D eigenvalue weighted by atomic mass is 9.51. The van der Waals surface area contributed by atoms with Gasteiger partial charge in [0.1, 0.15) is 5.60 Å². The lowest BCUT2D eigenvalue weighted by molar-refractivity contribution is -0.114. The number of benzene rings is 3. The average Bonchev–Trinajstić information content (AvgIpc) is 3.31. The van der Waals surface area contributed by atoms with E-state index < -0.39 is 5.60 Å². The van der Waals surface area contributed by atoms with Crippen LogP contribution in [0.4, 0.5) is 17.1 Å². The van der Waals surface area contributed by atoms with Crippen LogP contribution in [0.25, 0.3) is 0 Å². The van der Waals surface area contributed by atoms with Crippen molar-refractivity contribution in [1.82, 2.24) is 4.90 Å². The maximum atomic E-state index is 12.2. The van der Waals surface area contributed by atoms with E-state index in [1.807, 2.05) is 13.0 Å². The van der Waals surface area contributed by atoms with Crippen LogP contribution in [0.5, 0.6) is 0 Å². The van der Waals surface area contributed by atoms with Crippen molar-refractivity contribution in [3.8, 4) is 11.8 Å². The van der Waals surface area contributed by atoms with Crippen molar-refractivity contribution in [1.29, 1.82) is 0 Å². The van der Waals surface area contributed by atoms with Crippen LogP contribution < -0.4 is 9.80 Å². The number of nitrogens with zero attached hydrogens (tertiary/aromatic N) is 3. The number of rotatable bonds is 6. The van der Waals surface area contributed by atoms with Crippen molar-refractivity contribution in [3.63, 3.8) is 0 Å². The first kappa shape index (κ1) is 38.2. The molecular formula is C49H61N3O2. The molecule has 0 aromatic heterocycles. The molecule has 6 atom stereocenters. The van der Waals surface area contributed by atoms with Crippen molar-refractivity contribution in [3.05, 3.63) is 112 Å². The van der Waals surface area contributed by atoms with Crippen LogP contribution in [-0.4, -0.2) is 62.7 Å². The van der Waals surface area contributed by atoms with Gasteiger partial charge in [0.05, 0.1) is 0 Å². The van der Waals surface area contributed by atoms with E-state index in [2.05, 4.69) is 141 Å². The fraction of sp³-hybridized carbons (Fsp3) is 0.490. The Morgan fingerprint density at radius 3 is 2.13 bits per heavy atom. The molecule has 5 aliphatic rings. The second-order valence-electron chi connectivity index (χ2n) is 17.5. The van der Waals surface area contributed by atoms with E-state index in [0.29, 0.717) is 24.2 Å². The Kier molecular flexibility index (Phi) is 11.0. The van der Waals surface area contributed by atoms with Gasteiger partial charge >= 0.3 is 0 Å². The summed E-state index contributed by atoms with van der Waals surface area (Å²) in [6.07, 6.45) is 10.5. The second-order valence-corrected chi connectivity index (χ2v) is 17.5. The number of para-hydroxylation sites is 2. The Morgan fingerprint density at radius 2 is 1.52 bits per heavy atom. The lowest BCUT2D eigenvalue weighted by Gasteiger charge is -2.53. The highest BCUT2D eigenvalue weighted by atomic mass is 16.3. The van der Waals surface area contributed by atoms with E-state index in [-0.39, 0.29) is 17.1 Å². The van der Waals surface area contributed by atoms with Gasteiger partial charge < -0.3 is 19.8 Å². The van der Waals surface area contributed by atoms with Gasteiger partial charge in [-0.1, -0.05) is 73.9 Å². The maximum absolute atomic E-state index is 12.2. The summed E-state index contributed by atoms with van der Waals surface area (Å²) >= 11 is 0. The largest absolute Gasteiger partial charge is 0.378 e. The summed E-state index contributed by atoms with van der Waals surface area (Å²) in [7, 11) is 8.45. The van der Waals surface area contributed by atoms with Crippen LogP contribution in [0, 0.1) is 35.0 Å². The fourth-order valence-corrected chi connectivity index (χ4v) is 10.9.